The number of halogens is 2. The third kappa shape index (κ3) is 4.04. The Labute approximate surface area is 155 Å². The Morgan fingerprint density at radius 1 is 1.25 bits per heavy atom. The Hall–Kier alpha value is -2.12. The largest absolute Gasteiger partial charge is 0.483 e. The first kappa shape index (κ1) is 16.7. The van der Waals surface area contributed by atoms with Crippen molar-refractivity contribution in [3.8, 4) is 5.75 Å². The molecule has 0 spiro atoms. The SMILES string of the molecule is O=C(COc1ccc2cc(Br)ccc2c1Br)N/N=C/c1ccc[nH]1. The highest BCUT2D eigenvalue weighted by Gasteiger charge is 2.08. The molecule has 0 bridgehead atoms. The molecule has 0 unspecified atom stereocenters. The lowest BCUT2D eigenvalue weighted by atomic mass is 10.1. The van der Waals surface area contributed by atoms with Gasteiger partial charge in [0.15, 0.2) is 6.61 Å². The molecule has 122 valence electrons. The summed E-state index contributed by atoms with van der Waals surface area (Å²) in [6, 6.07) is 13.4. The van der Waals surface area contributed by atoms with E-state index in [4.69, 9.17) is 4.74 Å². The van der Waals surface area contributed by atoms with Crippen LogP contribution >= 0.6 is 31.9 Å². The molecule has 7 heteroatoms. The first-order chi connectivity index (χ1) is 11.6. The van der Waals surface area contributed by atoms with Gasteiger partial charge in [-0.05, 0) is 57.0 Å². The summed E-state index contributed by atoms with van der Waals surface area (Å²) in [7, 11) is 0. The first-order valence-corrected chi connectivity index (χ1v) is 8.68. The van der Waals surface area contributed by atoms with Crippen molar-refractivity contribution in [2.75, 3.05) is 6.61 Å². The van der Waals surface area contributed by atoms with E-state index in [0.29, 0.717) is 5.75 Å². The van der Waals surface area contributed by atoms with E-state index in [9.17, 15) is 4.79 Å². The van der Waals surface area contributed by atoms with Gasteiger partial charge in [0.1, 0.15) is 5.75 Å². The fraction of sp³-hybridized carbons (Fsp3) is 0.0588. The van der Waals surface area contributed by atoms with Crippen LogP contribution in [0.3, 0.4) is 0 Å². The maximum Gasteiger partial charge on any atom is 0.277 e. The maximum absolute atomic E-state index is 11.8. The van der Waals surface area contributed by atoms with Gasteiger partial charge < -0.3 is 9.72 Å². The van der Waals surface area contributed by atoms with Crippen molar-refractivity contribution in [3.05, 3.63) is 63.3 Å². The van der Waals surface area contributed by atoms with Crippen LogP contribution in [0.4, 0.5) is 0 Å². The van der Waals surface area contributed by atoms with Crippen LogP contribution in [0.1, 0.15) is 5.69 Å². The van der Waals surface area contributed by atoms with Crippen LogP contribution in [-0.2, 0) is 4.79 Å². The van der Waals surface area contributed by atoms with Crippen LogP contribution < -0.4 is 10.2 Å². The van der Waals surface area contributed by atoms with Gasteiger partial charge in [-0.2, -0.15) is 5.10 Å². The predicted molar refractivity (Wildman–Crippen MR) is 101 cm³/mol. The molecule has 2 N–H and O–H groups in total. The summed E-state index contributed by atoms with van der Waals surface area (Å²) in [4.78, 5) is 14.7. The van der Waals surface area contributed by atoms with E-state index in [-0.39, 0.29) is 12.5 Å². The number of fused-ring (bicyclic) bond motifs is 1. The van der Waals surface area contributed by atoms with E-state index in [2.05, 4.69) is 47.4 Å². The van der Waals surface area contributed by atoms with Gasteiger partial charge >= 0.3 is 0 Å². The van der Waals surface area contributed by atoms with E-state index in [1.165, 1.54) is 6.21 Å². The number of hydrazone groups is 1. The summed E-state index contributed by atoms with van der Waals surface area (Å²) in [6.45, 7) is -0.122. The Balaban J connectivity index is 1.62. The average molecular weight is 451 g/mol. The molecule has 3 aromatic rings. The minimum atomic E-state index is -0.333. The maximum atomic E-state index is 11.8. The quantitative estimate of drug-likeness (QED) is 0.451. The molecule has 0 fully saturated rings. The molecule has 24 heavy (non-hydrogen) atoms. The Morgan fingerprint density at radius 3 is 2.92 bits per heavy atom. The first-order valence-electron chi connectivity index (χ1n) is 7.09. The van der Waals surface area contributed by atoms with Gasteiger partial charge in [-0.15, -0.1) is 0 Å². The highest BCUT2D eigenvalue weighted by molar-refractivity contribution is 9.11. The molecular formula is C17H13Br2N3O2. The number of aromatic nitrogens is 1. The topological polar surface area (TPSA) is 66.5 Å². The monoisotopic (exact) mass is 449 g/mol. The number of hydrogen-bond donors (Lipinski definition) is 2. The van der Waals surface area contributed by atoms with Gasteiger partial charge in [0.05, 0.1) is 16.4 Å². The number of hydrogen-bond acceptors (Lipinski definition) is 3. The van der Waals surface area contributed by atoms with Gasteiger partial charge in [0.2, 0.25) is 0 Å². The summed E-state index contributed by atoms with van der Waals surface area (Å²) in [5.74, 6) is 0.272. The number of nitrogens with one attached hydrogen (secondary N) is 2. The fourth-order valence-electron chi connectivity index (χ4n) is 2.13. The number of nitrogens with zero attached hydrogens (tertiary/aromatic N) is 1. The fourth-order valence-corrected chi connectivity index (χ4v) is 3.11. The Kier molecular flexibility index (Phi) is 5.32. The van der Waals surface area contributed by atoms with E-state index in [1.807, 2.05) is 42.5 Å². The second kappa shape index (κ2) is 7.63. The van der Waals surface area contributed by atoms with Crippen LogP contribution in [0.25, 0.3) is 10.8 Å². The summed E-state index contributed by atoms with van der Waals surface area (Å²) >= 11 is 6.98. The highest BCUT2D eigenvalue weighted by Crippen LogP contribution is 2.34. The molecule has 0 aliphatic carbocycles. The third-order valence-corrected chi connectivity index (χ3v) is 4.57. The number of aromatic amines is 1. The summed E-state index contributed by atoms with van der Waals surface area (Å²) in [5, 5.41) is 5.94. The molecule has 0 saturated heterocycles. The number of amides is 1. The number of ether oxygens (including phenoxy) is 1. The zero-order chi connectivity index (χ0) is 16.9. The van der Waals surface area contributed by atoms with Crippen LogP contribution in [0.5, 0.6) is 5.75 Å². The van der Waals surface area contributed by atoms with Gasteiger partial charge in [0.25, 0.3) is 5.91 Å². The molecular weight excluding hydrogens is 438 g/mol. The van der Waals surface area contributed by atoms with Crippen molar-refractivity contribution in [1.29, 1.82) is 0 Å². The second-order valence-electron chi connectivity index (χ2n) is 4.95. The summed E-state index contributed by atoms with van der Waals surface area (Å²) < 4.78 is 7.40. The van der Waals surface area contributed by atoms with Crippen molar-refractivity contribution >= 4 is 54.8 Å². The predicted octanol–water partition coefficient (Wildman–Crippen LogP) is 4.22. The Bertz CT molecular complexity index is 892. The van der Waals surface area contributed by atoms with E-state index >= 15 is 0 Å². The molecule has 0 aliphatic heterocycles. The minimum absolute atomic E-state index is 0.122. The molecule has 0 radical (unpaired) electrons. The number of benzene rings is 2. The molecule has 1 amide bonds. The van der Waals surface area contributed by atoms with Gasteiger partial charge in [-0.3, -0.25) is 4.79 Å². The molecule has 2 aromatic carbocycles. The molecule has 1 aromatic heterocycles. The van der Waals surface area contributed by atoms with Crippen LogP contribution in [-0.4, -0.2) is 23.7 Å². The number of rotatable bonds is 5. The summed E-state index contributed by atoms with van der Waals surface area (Å²) in [6.07, 6.45) is 3.31. The van der Waals surface area contributed by atoms with Crippen molar-refractivity contribution < 1.29 is 9.53 Å². The van der Waals surface area contributed by atoms with E-state index < -0.39 is 0 Å². The van der Waals surface area contributed by atoms with Crippen LogP contribution in [0, 0.1) is 0 Å². The number of carbonyl (C=O) groups is 1. The van der Waals surface area contributed by atoms with Crippen molar-refractivity contribution in [2.45, 2.75) is 0 Å². The highest BCUT2D eigenvalue weighted by atomic mass is 79.9. The van der Waals surface area contributed by atoms with E-state index in [0.717, 1.165) is 25.4 Å². The van der Waals surface area contributed by atoms with Gasteiger partial charge in [-0.25, -0.2) is 5.43 Å². The molecule has 5 nitrogen and oxygen atoms in total. The number of H-pyrrole nitrogens is 1. The normalized spacial score (nSPS) is 11.1. The molecule has 1 heterocycles. The Morgan fingerprint density at radius 2 is 2.12 bits per heavy atom. The molecule has 0 aliphatic rings. The number of carbonyl (C=O) groups excluding carboxylic acids is 1. The lowest BCUT2D eigenvalue weighted by Gasteiger charge is -2.10. The zero-order valence-corrected chi connectivity index (χ0v) is 15.6. The minimum Gasteiger partial charge on any atom is -0.483 e. The van der Waals surface area contributed by atoms with Crippen molar-refractivity contribution in [3.63, 3.8) is 0 Å². The molecule has 0 saturated carbocycles. The van der Waals surface area contributed by atoms with Crippen LogP contribution in [0.15, 0.2) is 62.7 Å². The van der Waals surface area contributed by atoms with Gasteiger partial charge in [-0.1, -0.05) is 28.1 Å². The van der Waals surface area contributed by atoms with Crippen molar-refractivity contribution in [1.82, 2.24) is 10.4 Å². The average Bonchev–Trinajstić information content (AvgIpc) is 3.07. The van der Waals surface area contributed by atoms with Gasteiger partial charge in [0, 0.05) is 10.7 Å². The van der Waals surface area contributed by atoms with Crippen molar-refractivity contribution in [2.24, 2.45) is 5.10 Å². The standard InChI is InChI=1S/C17H13Br2N3O2/c18-12-4-5-14-11(8-12)3-6-15(17(14)19)24-10-16(23)22-21-9-13-2-1-7-20-13/h1-9,20H,10H2,(H,22,23)/b21-9+. The molecule has 0 atom stereocenters. The summed E-state index contributed by atoms with van der Waals surface area (Å²) in [5.41, 5.74) is 3.22. The zero-order valence-electron chi connectivity index (χ0n) is 12.4. The lowest BCUT2D eigenvalue weighted by Crippen LogP contribution is -2.24. The second-order valence-corrected chi connectivity index (χ2v) is 6.66. The van der Waals surface area contributed by atoms with Crippen LogP contribution in [0.2, 0.25) is 0 Å². The smallest absolute Gasteiger partial charge is 0.277 e. The molecule has 3 rings (SSSR count). The van der Waals surface area contributed by atoms with E-state index in [1.54, 1.807) is 6.20 Å². The lowest BCUT2D eigenvalue weighted by molar-refractivity contribution is -0.123. The third-order valence-electron chi connectivity index (χ3n) is 3.25.